The molecule has 2 aromatic carbocycles. The Balaban J connectivity index is 1.28. The smallest absolute Gasteiger partial charge is 0.335 e. The summed E-state index contributed by atoms with van der Waals surface area (Å²) in [7, 11) is 0. The van der Waals surface area contributed by atoms with E-state index in [1.54, 1.807) is 30.3 Å². The molecule has 0 fully saturated rings. The number of carboxylic acid groups (broad SMARTS) is 1. The molecule has 5 N–H and O–H groups in total. The largest absolute Gasteiger partial charge is 0.478 e. The van der Waals surface area contributed by atoms with Gasteiger partial charge in [0.05, 0.1) is 39.0 Å². The molecule has 0 unspecified atom stereocenters. The number of aromatic carboxylic acids is 1. The molecule has 0 aliphatic heterocycles. The molecular weight excluding hydrogens is 586 g/mol. The molecule has 6 aromatic rings. The fourth-order valence-corrected chi connectivity index (χ4v) is 5.73. The average molecular weight is 624 g/mol. The van der Waals surface area contributed by atoms with Gasteiger partial charge in [0, 0.05) is 43.9 Å². The number of carboxylic acids is 1. The number of hydrogen-bond donors (Lipinski definition) is 4. The van der Waals surface area contributed by atoms with Gasteiger partial charge >= 0.3 is 5.97 Å². The van der Waals surface area contributed by atoms with Crippen molar-refractivity contribution in [2.75, 3.05) is 10.6 Å². The minimum Gasteiger partial charge on any atom is -0.478 e. The molecule has 1 amide bonds. The summed E-state index contributed by atoms with van der Waals surface area (Å²) in [5, 5.41) is 25.5. The zero-order valence-electron chi connectivity index (χ0n) is 26.3. The second-order valence-electron chi connectivity index (χ2n) is 11.2. The van der Waals surface area contributed by atoms with Crippen LogP contribution in [0, 0.1) is 13.8 Å². The molecule has 0 radical (unpaired) electrons. The third-order valence-corrected chi connectivity index (χ3v) is 7.92. The molecule has 238 valence electrons. The fourth-order valence-electron chi connectivity index (χ4n) is 5.73. The number of aryl methyl sites for hydroxylation is 6. The number of primary amides is 1. The second-order valence-corrected chi connectivity index (χ2v) is 11.2. The number of amides is 1. The third kappa shape index (κ3) is 5.88. The molecule has 14 nitrogen and oxygen atoms in total. The number of nitrogens with one attached hydrogen (secondary N) is 2. The summed E-state index contributed by atoms with van der Waals surface area (Å²) in [5.74, 6) is 1.40. The predicted molar refractivity (Wildman–Crippen MR) is 176 cm³/mol. The Kier molecular flexibility index (Phi) is 8.17. The van der Waals surface area contributed by atoms with Crippen LogP contribution < -0.4 is 16.4 Å². The maximum Gasteiger partial charge on any atom is 0.335 e. The lowest BCUT2D eigenvalue weighted by Gasteiger charge is -2.14. The minimum absolute atomic E-state index is 0.185. The Labute approximate surface area is 264 Å². The Hall–Kier alpha value is -5.66. The van der Waals surface area contributed by atoms with Gasteiger partial charge in [-0.2, -0.15) is 10.2 Å². The number of anilines is 4. The number of hydrogen-bond acceptors (Lipinski definition) is 8. The molecule has 4 heterocycles. The van der Waals surface area contributed by atoms with Crippen LogP contribution in [0.15, 0.2) is 48.5 Å². The second kappa shape index (κ2) is 12.4. The number of benzene rings is 2. The zero-order chi connectivity index (χ0) is 32.5. The Morgan fingerprint density at radius 1 is 0.739 bits per heavy atom. The molecule has 46 heavy (non-hydrogen) atoms. The van der Waals surface area contributed by atoms with Gasteiger partial charge in [-0.1, -0.05) is 0 Å². The number of aromatic nitrogens is 8. The summed E-state index contributed by atoms with van der Waals surface area (Å²) in [6.07, 6.45) is 1.58. The number of carbonyl (C=O) groups is 2. The standard InChI is InChI=1S/C32H37N11O3/c1-5-42-27(15-19(3)38-42)36-31-34-23-17-21(29(33)44)9-11-25(23)40(31)13-7-8-14-41-26-12-10-22(30(45)46)18-24(26)35-32(41)37-28-16-20(4)39-43(28)6-2/h9-12,15-18H,5-8,13-14H2,1-4H3,(H2,33,44)(H,34,36)(H,35,37)(H,45,46). The number of nitrogens with two attached hydrogens (primary N) is 1. The Morgan fingerprint density at radius 2 is 1.20 bits per heavy atom. The van der Waals surface area contributed by atoms with Crippen molar-refractivity contribution in [3.63, 3.8) is 0 Å². The number of nitrogens with zero attached hydrogens (tertiary/aromatic N) is 8. The molecule has 0 atom stereocenters. The van der Waals surface area contributed by atoms with E-state index in [1.165, 1.54) is 0 Å². The van der Waals surface area contributed by atoms with E-state index in [9.17, 15) is 14.7 Å². The van der Waals surface area contributed by atoms with E-state index >= 15 is 0 Å². The Morgan fingerprint density at radius 3 is 1.63 bits per heavy atom. The van der Waals surface area contributed by atoms with Gasteiger partial charge in [0.2, 0.25) is 17.8 Å². The molecule has 0 bridgehead atoms. The van der Waals surface area contributed by atoms with Gasteiger partial charge < -0.3 is 30.6 Å². The van der Waals surface area contributed by atoms with Gasteiger partial charge in [-0.25, -0.2) is 24.1 Å². The number of unbranched alkanes of at least 4 members (excludes halogenated alkanes) is 1. The number of rotatable bonds is 13. The van der Waals surface area contributed by atoms with Crippen LogP contribution in [0.2, 0.25) is 0 Å². The van der Waals surface area contributed by atoms with Gasteiger partial charge in [0.1, 0.15) is 11.6 Å². The van der Waals surface area contributed by atoms with E-state index in [0.717, 1.165) is 46.9 Å². The summed E-state index contributed by atoms with van der Waals surface area (Å²) >= 11 is 0. The average Bonchev–Trinajstić information content (AvgIpc) is 3.77. The Bertz CT molecular complexity index is 1930. The predicted octanol–water partition coefficient (Wildman–Crippen LogP) is 5.20. The van der Waals surface area contributed by atoms with E-state index in [4.69, 9.17) is 15.7 Å². The number of fused-ring (bicyclic) bond motifs is 2. The van der Waals surface area contributed by atoms with Gasteiger partial charge in [-0.05, 0) is 76.9 Å². The number of carbonyl (C=O) groups excluding carboxylic acids is 1. The summed E-state index contributed by atoms with van der Waals surface area (Å²) < 4.78 is 7.94. The fraction of sp³-hybridized carbons (Fsp3) is 0.312. The van der Waals surface area contributed by atoms with Crippen molar-refractivity contribution in [2.45, 2.75) is 66.7 Å². The third-order valence-electron chi connectivity index (χ3n) is 7.92. The van der Waals surface area contributed by atoms with Crippen molar-refractivity contribution in [1.29, 1.82) is 0 Å². The number of imidazole rings is 2. The van der Waals surface area contributed by atoms with E-state index < -0.39 is 11.9 Å². The SMILES string of the molecule is CCn1nc(C)cc1Nc1nc2cc(C(N)=O)ccc2n1CCCCn1c(Nc2cc(C)nn2CC)nc2cc(C(=O)O)ccc21. The summed E-state index contributed by atoms with van der Waals surface area (Å²) in [6, 6.07) is 14.3. The van der Waals surface area contributed by atoms with Crippen molar-refractivity contribution in [3.05, 3.63) is 71.0 Å². The highest BCUT2D eigenvalue weighted by molar-refractivity contribution is 5.97. The lowest BCUT2D eigenvalue weighted by atomic mass is 10.2. The van der Waals surface area contributed by atoms with Crippen molar-refractivity contribution >= 4 is 57.5 Å². The van der Waals surface area contributed by atoms with Gasteiger partial charge in [0.15, 0.2) is 0 Å². The molecular formula is C32H37N11O3. The normalized spacial score (nSPS) is 11.5. The van der Waals surface area contributed by atoms with E-state index in [2.05, 4.69) is 30.0 Å². The molecule has 4 aromatic heterocycles. The molecule has 0 saturated heterocycles. The first-order valence-corrected chi connectivity index (χ1v) is 15.3. The summed E-state index contributed by atoms with van der Waals surface area (Å²) in [5.41, 5.74) is 10.9. The van der Waals surface area contributed by atoms with Crippen LogP contribution in [0.5, 0.6) is 0 Å². The van der Waals surface area contributed by atoms with Crippen LogP contribution in [0.25, 0.3) is 22.1 Å². The summed E-state index contributed by atoms with van der Waals surface area (Å²) in [4.78, 5) is 33.1. The maximum atomic E-state index is 11.9. The highest BCUT2D eigenvalue weighted by atomic mass is 16.4. The van der Waals surface area contributed by atoms with Gasteiger partial charge in [-0.3, -0.25) is 4.79 Å². The molecule has 0 spiro atoms. The van der Waals surface area contributed by atoms with Crippen molar-refractivity contribution in [1.82, 2.24) is 38.7 Å². The topological polar surface area (TPSA) is 176 Å². The van der Waals surface area contributed by atoms with Crippen LogP contribution in [0.4, 0.5) is 23.5 Å². The first kappa shape index (κ1) is 30.4. The molecule has 6 rings (SSSR count). The molecule has 0 aliphatic carbocycles. The van der Waals surface area contributed by atoms with E-state index in [0.29, 0.717) is 54.7 Å². The van der Waals surface area contributed by atoms with Gasteiger partial charge in [-0.15, -0.1) is 0 Å². The summed E-state index contributed by atoms with van der Waals surface area (Å²) in [6.45, 7) is 10.6. The van der Waals surface area contributed by atoms with Crippen LogP contribution in [-0.2, 0) is 26.2 Å². The monoisotopic (exact) mass is 623 g/mol. The van der Waals surface area contributed by atoms with E-state index in [1.807, 2.05) is 55.3 Å². The van der Waals surface area contributed by atoms with Crippen LogP contribution in [-0.4, -0.2) is 55.6 Å². The van der Waals surface area contributed by atoms with Crippen molar-refractivity contribution in [3.8, 4) is 0 Å². The zero-order valence-corrected chi connectivity index (χ0v) is 26.3. The van der Waals surface area contributed by atoms with Gasteiger partial charge in [0.25, 0.3) is 0 Å². The van der Waals surface area contributed by atoms with Crippen LogP contribution in [0.1, 0.15) is 58.8 Å². The van der Waals surface area contributed by atoms with Crippen molar-refractivity contribution < 1.29 is 14.7 Å². The van der Waals surface area contributed by atoms with Crippen LogP contribution in [0.3, 0.4) is 0 Å². The highest BCUT2D eigenvalue weighted by Gasteiger charge is 2.18. The lowest BCUT2D eigenvalue weighted by Crippen LogP contribution is -2.11. The van der Waals surface area contributed by atoms with Crippen LogP contribution >= 0.6 is 0 Å². The lowest BCUT2D eigenvalue weighted by molar-refractivity contribution is 0.0696. The van der Waals surface area contributed by atoms with E-state index in [-0.39, 0.29) is 5.56 Å². The molecule has 14 heteroatoms. The minimum atomic E-state index is -0.997. The molecule has 0 aliphatic rings. The quantitative estimate of drug-likeness (QED) is 0.126. The molecule has 0 saturated carbocycles. The first-order chi connectivity index (χ1) is 22.1. The highest BCUT2D eigenvalue weighted by Crippen LogP contribution is 2.28. The van der Waals surface area contributed by atoms with Crippen molar-refractivity contribution in [2.24, 2.45) is 5.73 Å². The maximum absolute atomic E-state index is 11.9. The first-order valence-electron chi connectivity index (χ1n) is 15.3.